The van der Waals surface area contributed by atoms with E-state index in [1.807, 2.05) is 22.9 Å². The van der Waals surface area contributed by atoms with Crippen molar-refractivity contribution in [2.45, 2.75) is 11.7 Å². The van der Waals surface area contributed by atoms with E-state index in [4.69, 9.17) is 0 Å². The molecule has 0 bridgehead atoms. The molecular formula is C18H17N2O4S+. The Bertz CT molecular complexity index is 933. The molecule has 1 aliphatic rings. The van der Waals surface area contributed by atoms with Gasteiger partial charge in [-0.1, -0.05) is 42.5 Å². The monoisotopic (exact) mass is 357 g/mol. The Morgan fingerprint density at radius 1 is 1.12 bits per heavy atom. The van der Waals surface area contributed by atoms with Gasteiger partial charge in [0.25, 0.3) is 10.1 Å². The van der Waals surface area contributed by atoms with Crippen LogP contribution in [0.25, 0.3) is 0 Å². The lowest BCUT2D eigenvalue weighted by molar-refractivity contribution is -0.427. The van der Waals surface area contributed by atoms with Gasteiger partial charge < -0.3 is 0 Å². The normalized spacial score (nSPS) is 15.0. The summed E-state index contributed by atoms with van der Waals surface area (Å²) >= 11 is 0. The topological polar surface area (TPSA) is 86.8 Å². The zero-order valence-electron chi connectivity index (χ0n) is 13.3. The molecule has 0 fully saturated rings. The standard InChI is InChI=1S/C18H16N2O4S/c21-17(18(25(22,23)24)15-4-2-1-3-5-15)12-14-6-8-16(9-7-14)20-11-10-19-13-20/h1-11,18H,12-13H2/p+1. The van der Waals surface area contributed by atoms with Crippen LogP contribution >= 0.6 is 0 Å². The highest BCUT2D eigenvalue weighted by Gasteiger charge is 2.32. The first kappa shape index (κ1) is 17.2. The summed E-state index contributed by atoms with van der Waals surface area (Å²) in [4.78, 5) is 16.6. The molecular weight excluding hydrogens is 340 g/mol. The summed E-state index contributed by atoms with van der Waals surface area (Å²) in [5.74, 6) is -0.572. The van der Waals surface area contributed by atoms with E-state index in [2.05, 4.69) is 4.99 Å². The van der Waals surface area contributed by atoms with E-state index in [1.165, 1.54) is 12.1 Å². The molecule has 0 aromatic heterocycles. The molecule has 1 N–H and O–H groups in total. The van der Waals surface area contributed by atoms with Gasteiger partial charge in [-0.05, 0) is 11.1 Å². The van der Waals surface area contributed by atoms with E-state index in [1.54, 1.807) is 36.5 Å². The van der Waals surface area contributed by atoms with Crippen LogP contribution in [0.3, 0.4) is 0 Å². The molecule has 7 heteroatoms. The largest absolute Gasteiger partial charge is 0.297 e. The van der Waals surface area contributed by atoms with Crippen molar-refractivity contribution in [2.24, 2.45) is 4.99 Å². The highest BCUT2D eigenvalue weighted by molar-refractivity contribution is 7.86. The summed E-state index contributed by atoms with van der Waals surface area (Å²) in [5, 5.41) is -1.58. The van der Waals surface area contributed by atoms with Crippen LogP contribution in [0.1, 0.15) is 16.4 Å². The molecule has 1 atom stereocenters. The maximum absolute atomic E-state index is 12.5. The lowest BCUT2D eigenvalue weighted by Crippen LogP contribution is -2.23. The quantitative estimate of drug-likeness (QED) is 0.634. The van der Waals surface area contributed by atoms with Gasteiger partial charge in [0.2, 0.25) is 12.4 Å². The molecule has 1 aliphatic heterocycles. The van der Waals surface area contributed by atoms with Crippen LogP contribution in [-0.2, 0) is 21.3 Å². The Morgan fingerprint density at radius 2 is 1.80 bits per heavy atom. The Hall–Kier alpha value is -2.64. The number of carbonyl (C=O) groups excluding carboxylic acids is 1. The van der Waals surface area contributed by atoms with Crippen molar-refractivity contribution in [1.82, 2.24) is 0 Å². The molecule has 1 heterocycles. The van der Waals surface area contributed by atoms with E-state index in [0.717, 1.165) is 5.69 Å². The molecule has 0 radical (unpaired) electrons. The Labute approximate surface area is 145 Å². The second kappa shape index (κ2) is 7.08. The third-order valence-corrected chi connectivity index (χ3v) is 5.06. The van der Waals surface area contributed by atoms with Gasteiger partial charge in [0.05, 0.1) is 6.21 Å². The number of nitrogens with zero attached hydrogens (tertiary/aromatic N) is 2. The van der Waals surface area contributed by atoms with Crippen LogP contribution in [0.4, 0.5) is 5.69 Å². The summed E-state index contributed by atoms with van der Waals surface area (Å²) in [5.41, 5.74) is 1.87. The molecule has 2 aromatic carbocycles. The number of hydrogen-bond donors (Lipinski definition) is 1. The smallest absolute Gasteiger partial charge is 0.279 e. The van der Waals surface area contributed by atoms with E-state index < -0.39 is 21.2 Å². The summed E-state index contributed by atoms with van der Waals surface area (Å²) in [7, 11) is -4.54. The van der Waals surface area contributed by atoms with Crippen LogP contribution < -0.4 is 0 Å². The summed E-state index contributed by atoms with van der Waals surface area (Å²) < 4.78 is 34.8. The zero-order valence-corrected chi connectivity index (χ0v) is 14.1. The van der Waals surface area contributed by atoms with Crippen molar-refractivity contribution in [3.05, 3.63) is 65.7 Å². The van der Waals surface area contributed by atoms with Crippen molar-refractivity contribution in [1.29, 1.82) is 0 Å². The molecule has 3 rings (SSSR count). The number of carbonyl (C=O) groups is 1. The Balaban J connectivity index is 1.80. The molecule has 0 saturated carbocycles. The maximum atomic E-state index is 12.5. The minimum absolute atomic E-state index is 0.0835. The van der Waals surface area contributed by atoms with Crippen molar-refractivity contribution in [3.63, 3.8) is 0 Å². The number of rotatable bonds is 6. The Morgan fingerprint density at radius 3 is 2.36 bits per heavy atom. The van der Waals surface area contributed by atoms with Gasteiger partial charge in [-0.3, -0.25) is 9.35 Å². The lowest BCUT2D eigenvalue weighted by atomic mass is 10.0. The molecule has 2 aromatic rings. The fraction of sp³-hybridized carbons (Fsp3) is 0.167. The molecule has 25 heavy (non-hydrogen) atoms. The molecule has 1 unspecified atom stereocenters. The number of ketones is 1. The van der Waals surface area contributed by atoms with E-state index >= 15 is 0 Å². The van der Waals surface area contributed by atoms with Crippen molar-refractivity contribution >= 4 is 34.0 Å². The molecule has 0 aliphatic carbocycles. The molecule has 0 spiro atoms. The number of hydrogen-bond acceptors (Lipinski definition) is 4. The first-order valence-electron chi connectivity index (χ1n) is 7.68. The van der Waals surface area contributed by atoms with Crippen LogP contribution in [0.15, 0.2) is 59.6 Å². The second-order valence-corrected chi connectivity index (χ2v) is 7.21. The fourth-order valence-corrected chi connectivity index (χ4v) is 3.65. The number of aliphatic imine (C=N–C) groups is 1. The third-order valence-electron chi connectivity index (χ3n) is 3.92. The second-order valence-electron chi connectivity index (χ2n) is 5.71. The average molecular weight is 357 g/mol. The van der Waals surface area contributed by atoms with Crippen molar-refractivity contribution in [2.75, 3.05) is 6.67 Å². The molecule has 0 saturated heterocycles. The van der Waals surface area contributed by atoms with Gasteiger partial charge >= 0.3 is 0 Å². The molecule has 128 valence electrons. The average Bonchev–Trinajstić information content (AvgIpc) is 3.10. The van der Waals surface area contributed by atoms with Crippen molar-refractivity contribution in [3.8, 4) is 0 Å². The van der Waals surface area contributed by atoms with Gasteiger partial charge in [0, 0.05) is 18.6 Å². The highest BCUT2D eigenvalue weighted by Crippen LogP contribution is 2.24. The van der Waals surface area contributed by atoms with Crippen LogP contribution in [0.5, 0.6) is 0 Å². The van der Waals surface area contributed by atoms with Crippen LogP contribution in [0.2, 0.25) is 0 Å². The lowest BCUT2D eigenvalue weighted by Gasteiger charge is -2.13. The third kappa shape index (κ3) is 4.07. The van der Waals surface area contributed by atoms with Gasteiger partial charge in [-0.2, -0.15) is 13.0 Å². The highest BCUT2D eigenvalue weighted by atomic mass is 32.2. The molecule has 0 amide bonds. The summed E-state index contributed by atoms with van der Waals surface area (Å²) in [6.07, 6.45) is 3.48. The first-order chi connectivity index (χ1) is 11.9. The van der Waals surface area contributed by atoms with Crippen molar-refractivity contribution < 1.29 is 22.3 Å². The van der Waals surface area contributed by atoms with Gasteiger partial charge in [0.1, 0.15) is 0 Å². The van der Waals surface area contributed by atoms with E-state index in [-0.39, 0.29) is 12.0 Å². The minimum Gasteiger partial charge on any atom is -0.297 e. The van der Waals surface area contributed by atoms with Gasteiger partial charge in [-0.25, -0.2) is 4.99 Å². The summed E-state index contributed by atoms with van der Waals surface area (Å²) in [6, 6.07) is 15.2. The minimum atomic E-state index is -4.54. The first-order valence-corrected chi connectivity index (χ1v) is 9.18. The number of benzene rings is 2. The predicted molar refractivity (Wildman–Crippen MR) is 95.2 cm³/mol. The zero-order chi connectivity index (χ0) is 17.9. The van der Waals surface area contributed by atoms with Crippen LogP contribution in [0, 0.1) is 0 Å². The van der Waals surface area contributed by atoms with E-state index in [0.29, 0.717) is 12.2 Å². The van der Waals surface area contributed by atoms with Gasteiger partial charge in [0.15, 0.2) is 17.2 Å². The van der Waals surface area contributed by atoms with E-state index in [9.17, 15) is 17.8 Å². The molecule has 6 nitrogen and oxygen atoms in total. The SMILES string of the molecule is O=C(Cc1ccc([N+]2=CC=NC2)cc1)C(c1ccccc1)S(=O)(=O)O. The maximum Gasteiger partial charge on any atom is 0.279 e. The van der Waals surface area contributed by atoms with Gasteiger partial charge in [-0.15, -0.1) is 0 Å². The summed E-state index contributed by atoms with van der Waals surface area (Å²) in [6.45, 7) is 0.553. The predicted octanol–water partition coefficient (Wildman–Crippen LogP) is 2.18. The fourth-order valence-electron chi connectivity index (χ4n) is 2.73. The number of Topliss-reactive ketones (excluding diaryl/α,β-unsaturated/α-hetero) is 1. The Kier molecular flexibility index (Phi) is 4.87. The van der Waals surface area contributed by atoms with Crippen LogP contribution in [-0.4, -0.2) is 42.4 Å².